The van der Waals surface area contributed by atoms with Gasteiger partial charge in [0.2, 0.25) is 0 Å². The van der Waals surface area contributed by atoms with Crippen LogP contribution in [-0.4, -0.2) is 30.1 Å². The van der Waals surface area contributed by atoms with Crippen LogP contribution < -0.4 is 5.32 Å². The van der Waals surface area contributed by atoms with E-state index in [1.165, 1.54) is 18.2 Å². The van der Waals surface area contributed by atoms with Crippen molar-refractivity contribution in [3.05, 3.63) is 146 Å². The van der Waals surface area contributed by atoms with Crippen molar-refractivity contribution in [1.29, 1.82) is 0 Å². The van der Waals surface area contributed by atoms with Crippen LogP contribution in [0.2, 0.25) is 0 Å². The average molecular weight is 551 g/mol. The van der Waals surface area contributed by atoms with Crippen molar-refractivity contribution in [2.45, 2.75) is 19.8 Å². The second-order valence-electron chi connectivity index (χ2n) is 9.31. The molecule has 1 heterocycles. The Kier molecular flexibility index (Phi) is 9.62. The van der Waals surface area contributed by atoms with Crippen LogP contribution in [0.25, 0.3) is 12.2 Å². The molecule has 0 saturated carbocycles. The Hall–Kier alpha value is -5.24. The van der Waals surface area contributed by atoms with E-state index < -0.39 is 22.8 Å². The number of carbonyl (C=O) groups is 2. The van der Waals surface area contributed by atoms with Crippen LogP contribution in [0.4, 0.5) is 5.69 Å². The van der Waals surface area contributed by atoms with Gasteiger partial charge in [0, 0.05) is 23.5 Å². The topological polar surface area (TPSA) is 108 Å². The lowest BCUT2D eigenvalue weighted by Gasteiger charge is -2.30. The van der Waals surface area contributed by atoms with E-state index in [1.807, 2.05) is 72.8 Å². The molecule has 208 valence electrons. The van der Waals surface area contributed by atoms with Gasteiger partial charge in [-0.15, -0.1) is 0 Å². The third-order valence-electron chi connectivity index (χ3n) is 6.46. The molecule has 0 amide bonds. The lowest BCUT2D eigenvalue weighted by Crippen LogP contribution is -2.32. The van der Waals surface area contributed by atoms with Crippen molar-refractivity contribution in [3.8, 4) is 0 Å². The number of esters is 2. The van der Waals surface area contributed by atoms with Gasteiger partial charge in [-0.2, -0.15) is 0 Å². The summed E-state index contributed by atoms with van der Waals surface area (Å²) in [5.74, 6) is -2.23. The zero-order valence-electron chi connectivity index (χ0n) is 22.8. The number of ether oxygens (including phenoxy) is 2. The van der Waals surface area contributed by atoms with Gasteiger partial charge in [-0.25, -0.2) is 9.59 Å². The Balaban J connectivity index is 1.60. The third-order valence-corrected chi connectivity index (χ3v) is 6.46. The van der Waals surface area contributed by atoms with E-state index in [1.54, 1.807) is 32.1 Å². The molecule has 0 spiro atoms. The second kappa shape index (κ2) is 13.7. The zero-order chi connectivity index (χ0) is 29.2. The number of carbonyl (C=O) groups excluding carboxylic acids is 2. The van der Waals surface area contributed by atoms with Crippen LogP contribution in [0.5, 0.6) is 0 Å². The van der Waals surface area contributed by atoms with Crippen molar-refractivity contribution in [3.63, 3.8) is 0 Å². The number of nitrogens with one attached hydrogen (secondary N) is 1. The van der Waals surface area contributed by atoms with Crippen LogP contribution in [0.1, 0.15) is 36.5 Å². The number of non-ortho nitro benzene ring substituents is 1. The predicted molar refractivity (Wildman–Crippen MR) is 157 cm³/mol. The molecule has 3 aromatic rings. The molecule has 0 atom stereocenters. The van der Waals surface area contributed by atoms with Crippen LogP contribution >= 0.6 is 0 Å². The van der Waals surface area contributed by atoms with E-state index in [0.29, 0.717) is 17.0 Å². The number of nitrogens with zero attached hydrogens (tertiary/aromatic N) is 1. The molecule has 0 radical (unpaired) electrons. The molecule has 0 unspecified atom stereocenters. The summed E-state index contributed by atoms with van der Waals surface area (Å²) >= 11 is 0. The van der Waals surface area contributed by atoms with E-state index in [0.717, 1.165) is 11.1 Å². The molecule has 1 aliphatic rings. The fourth-order valence-electron chi connectivity index (χ4n) is 4.59. The molecule has 4 rings (SSSR count). The summed E-state index contributed by atoms with van der Waals surface area (Å²) < 4.78 is 11.1. The summed E-state index contributed by atoms with van der Waals surface area (Å²) in [7, 11) is 0. The number of allylic oxidation sites excluding steroid dienone is 2. The molecule has 1 N–H and O–H groups in total. The van der Waals surface area contributed by atoms with Crippen molar-refractivity contribution in [2.24, 2.45) is 0 Å². The van der Waals surface area contributed by atoms with Crippen LogP contribution in [-0.2, 0) is 19.1 Å². The van der Waals surface area contributed by atoms with Gasteiger partial charge in [-0.1, -0.05) is 84.9 Å². The summed E-state index contributed by atoms with van der Waals surface area (Å²) in [4.78, 5) is 37.9. The summed E-state index contributed by atoms with van der Waals surface area (Å²) in [5.41, 5.74) is 3.47. The molecular weight excluding hydrogens is 520 g/mol. The molecule has 8 nitrogen and oxygen atoms in total. The van der Waals surface area contributed by atoms with E-state index >= 15 is 0 Å². The first kappa shape index (κ1) is 28.8. The number of nitro groups is 1. The molecule has 0 aliphatic carbocycles. The number of nitro benzene ring substituents is 1. The number of benzene rings is 3. The van der Waals surface area contributed by atoms with Crippen molar-refractivity contribution < 1.29 is 24.0 Å². The molecular formula is C33H30N2O6. The summed E-state index contributed by atoms with van der Waals surface area (Å²) in [5, 5.41) is 14.6. The van der Waals surface area contributed by atoms with E-state index in [2.05, 4.69) is 5.32 Å². The Bertz CT molecular complexity index is 1450. The van der Waals surface area contributed by atoms with Gasteiger partial charge >= 0.3 is 11.9 Å². The van der Waals surface area contributed by atoms with Crippen molar-refractivity contribution in [1.82, 2.24) is 5.32 Å². The summed E-state index contributed by atoms with van der Waals surface area (Å²) in [6, 6.07) is 25.0. The van der Waals surface area contributed by atoms with Crippen LogP contribution in [0.3, 0.4) is 0 Å². The molecule has 0 bridgehead atoms. The van der Waals surface area contributed by atoms with E-state index in [4.69, 9.17) is 9.47 Å². The van der Waals surface area contributed by atoms with Gasteiger partial charge in [0.25, 0.3) is 5.69 Å². The number of hydrogen-bond donors (Lipinski definition) is 1. The van der Waals surface area contributed by atoms with Gasteiger partial charge in [0.15, 0.2) is 0 Å². The average Bonchev–Trinajstić information content (AvgIpc) is 2.98. The molecule has 3 aromatic carbocycles. The van der Waals surface area contributed by atoms with Gasteiger partial charge in [-0.3, -0.25) is 10.1 Å². The van der Waals surface area contributed by atoms with Crippen LogP contribution in [0, 0.1) is 10.1 Å². The van der Waals surface area contributed by atoms with Gasteiger partial charge < -0.3 is 14.8 Å². The molecule has 41 heavy (non-hydrogen) atoms. The quantitative estimate of drug-likeness (QED) is 0.178. The molecule has 1 aliphatic heterocycles. The fourth-order valence-corrected chi connectivity index (χ4v) is 4.59. The van der Waals surface area contributed by atoms with Crippen molar-refractivity contribution in [2.75, 3.05) is 13.2 Å². The first-order chi connectivity index (χ1) is 19.8. The zero-order valence-corrected chi connectivity index (χ0v) is 22.8. The molecule has 8 heteroatoms. The molecule has 0 fully saturated rings. The minimum atomic E-state index is -0.938. The second-order valence-corrected chi connectivity index (χ2v) is 9.31. The highest BCUT2D eigenvalue weighted by molar-refractivity contribution is 6.00. The first-order valence-electron chi connectivity index (χ1n) is 13.1. The maximum Gasteiger partial charge on any atom is 0.337 e. The van der Waals surface area contributed by atoms with Crippen molar-refractivity contribution >= 4 is 29.8 Å². The van der Waals surface area contributed by atoms with Crippen LogP contribution in [0.15, 0.2) is 120 Å². The normalized spacial score (nSPS) is 15.2. The SMILES string of the molecule is CC1=C(C(=O)OCC=Cc2ccccc2)C(c2cccc([N+](=O)[O-])c2)C(C(=O)OCC=Cc2ccccc2)=C(C)N1. The smallest absolute Gasteiger partial charge is 0.337 e. The standard InChI is InChI=1S/C33H30N2O6/c1-23-29(32(36)40-20-10-16-25-12-5-3-6-13-25)31(27-18-9-19-28(22-27)35(38)39)30(24(2)34-23)33(37)41-21-11-17-26-14-7-4-8-15-26/h3-19,22,31,34H,20-21H2,1-2H3. The Morgan fingerprint density at radius 1 is 0.780 bits per heavy atom. The predicted octanol–water partition coefficient (Wildman–Crippen LogP) is 6.34. The summed E-state index contributed by atoms with van der Waals surface area (Å²) in [6.07, 6.45) is 7.11. The maximum absolute atomic E-state index is 13.4. The van der Waals surface area contributed by atoms with E-state index in [9.17, 15) is 19.7 Å². The minimum Gasteiger partial charge on any atom is -0.458 e. The largest absolute Gasteiger partial charge is 0.458 e. The van der Waals surface area contributed by atoms with Gasteiger partial charge in [0.05, 0.1) is 22.0 Å². The third kappa shape index (κ3) is 7.45. The minimum absolute atomic E-state index is 0.00107. The maximum atomic E-state index is 13.4. The lowest BCUT2D eigenvalue weighted by atomic mass is 9.80. The first-order valence-corrected chi connectivity index (χ1v) is 13.1. The van der Waals surface area contributed by atoms with Gasteiger partial charge in [-0.05, 0) is 42.7 Å². The fraction of sp³-hybridized carbons (Fsp3) is 0.152. The highest BCUT2D eigenvalue weighted by Gasteiger charge is 2.38. The molecule has 0 saturated heterocycles. The van der Waals surface area contributed by atoms with Gasteiger partial charge in [0.1, 0.15) is 13.2 Å². The summed E-state index contributed by atoms with van der Waals surface area (Å²) in [6.45, 7) is 3.40. The number of dihydropyridines is 1. The number of rotatable bonds is 10. The highest BCUT2D eigenvalue weighted by atomic mass is 16.6. The monoisotopic (exact) mass is 550 g/mol. The Labute approximate surface area is 238 Å². The highest BCUT2D eigenvalue weighted by Crippen LogP contribution is 2.40. The number of hydrogen-bond acceptors (Lipinski definition) is 7. The Morgan fingerprint density at radius 2 is 1.27 bits per heavy atom. The lowest BCUT2D eigenvalue weighted by molar-refractivity contribution is -0.384. The molecule has 0 aromatic heterocycles. The Morgan fingerprint density at radius 3 is 1.73 bits per heavy atom. The van der Waals surface area contributed by atoms with E-state index in [-0.39, 0.29) is 30.0 Å².